The maximum absolute atomic E-state index is 12.5. The van der Waals surface area contributed by atoms with Gasteiger partial charge in [0.25, 0.3) is 0 Å². The van der Waals surface area contributed by atoms with Crippen LogP contribution in [-0.4, -0.2) is 38.7 Å². The average Bonchev–Trinajstić information content (AvgIpc) is 3.19. The number of rotatable bonds is 4. The molecule has 0 radical (unpaired) electrons. The lowest BCUT2D eigenvalue weighted by Crippen LogP contribution is -2.27. The summed E-state index contributed by atoms with van der Waals surface area (Å²) in [6, 6.07) is 5.60. The quantitative estimate of drug-likeness (QED) is 0.618. The third kappa shape index (κ3) is 4.26. The van der Waals surface area contributed by atoms with E-state index in [0.29, 0.717) is 16.9 Å². The van der Waals surface area contributed by atoms with Crippen LogP contribution in [0.5, 0.6) is 0 Å². The molecule has 0 atom stereocenters. The van der Waals surface area contributed by atoms with E-state index < -0.39 is 0 Å². The molecule has 3 N–H and O–H groups in total. The Morgan fingerprint density at radius 2 is 2.15 bits per heavy atom. The summed E-state index contributed by atoms with van der Waals surface area (Å²) in [5.74, 6) is 1.52. The number of fused-ring (bicyclic) bond motifs is 1. The van der Waals surface area contributed by atoms with Crippen molar-refractivity contribution in [3.8, 4) is 0 Å². The fourth-order valence-electron chi connectivity index (χ4n) is 3.40. The van der Waals surface area contributed by atoms with Gasteiger partial charge in [0.05, 0.1) is 6.42 Å². The number of carbonyl (C=O) groups excluding carboxylic acids is 1. The molecule has 27 heavy (non-hydrogen) atoms. The Kier molecular flexibility index (Phi) is 6.04. The fourth-order valence-corrected chi connectivity index (χ4v) is 3.58. The molecular weight excluding hydrogens is 387 g/mol. The fraction of sp³-hybridized carbons (Fsp3) is 0.389. The molecule has 0 bridgehead atoms. The van der Waals surface area contributed by atoms with Gasteiger partial charge >= 0.3 is 0 Å². The van der Waals surface area contributed by atoms with Crippen LogP contribution in [0.15, 0.2) is 24.4 Å². The number of aryl methyl sites for hydroxylation is 1. The third-order valence-corrected chi connectivity index (χ3v) is 5.05. The minimum absolute atomic E-state index is 0. The second-order valence-corrected chi connectivity index (χ2v) is 7.11. The van der Waals surface area contributed by atoms with E-state index in [-0.39, 0.29) is 24.7 Å². The molecule has 1 amide bonds. The SMILES string of the molecule is Cl.Cn1nc(C2CCNCC2)nc1NC(=O)Cc1c[nH]c2ccc(Cl)cc12. The van der Waals surface area contributed by atoms with Crippen molar-refractivity contribution in [2.24, 2.45) is 7.05 Å². The molecule has 9 heteroatoms. The molecule has 3 aromatic rings. The van der Waals surface area contributed by atoms with Gasteiger partial charge in [-0.25, -0.2) is 4.68 Å². The standard InChI is InChI=1S/C18H21ClN6O.ClH/c1-25-18(23-17(24-25)11-4-6-20-7-5-11)22-16(26)8-12-10-21-15-3-2-13(19)9-14(12)15;/h2-3,9-11,20-21H,4-8H2,1H3,(H,22,23,24,26);1H. The predicted octanol–water partition coefficient (Wildman–Crippen LogP) is 3.02. The first-order valence-corrected chi connectivity index (χ1v) is 9.15. The molecule has 144 valence electrons. The Hall–Kier alpha value is -2.09. The number of hydrogen-bond acceptors (Lipinski definition) is 4. The highest BCUT2D eigenvalue weighted by Crippen LogP contribution is 2.24. The highest BCUT2D eigenvalue weighted by Gasteiger charge is 2.21. The highest BCUT2D eigenvalue weighted by molar-refractivity contribution is 6.31. The van der Waals surface area contributed by atoms with Crippen LogP contribution in [0.2, 0.25) is 5.02 Å². The zero-order chi connectivity index (χ0) is 18.1. The minimum Gasteiger partial charge on any atom is -0.361 e. The lowest BCUT2D eigenvalue weighted by molar-refractivity contribution is -0.115. The van der Waals surface area contributed by atoms with E-state index in [9.17, 15) is 4.79 Å². The molecule has 0 unspecified atom stereocenters. The lowest BCUT2D eigenvalue weighted by Gasteiger charge is -2.19. The minimum atomic E-state index is -0.127. The number of halogens is 2. The maximum Gasteiger partial charge on any atom is 0.231 e. The summed E-state index contributed by atoms with van der Waals surface area (Å²) in [5.41, 5.74) is 1.87. The molecule has 1 aliphatic rings. The highest BCUT2D eigenvalue weighted by atomic mass is 35.5. The molecule has 0 spiro atoms. The Morgan fingerprint density at radius 3 is 2.93 bits per heavy atom. The number of amides is 1. The van der Waals surface area contributed by atoms with Gasteiger partial charge in [0.15, 0.2) is 5.82 Å². The van der Waals surface area contributed by atoms with E-state index in [1.165, 1.54) is 0 Å². The lowest BCUT2D eigenvalue weighted by atomic mass is 9.98. The van der Waals surface area contributed by atoms with Crippen LogP contribution in [0.3, 0.4) is 0 Å². The van der Waals surface area contributed by atoms with E-state index in [4.69, 9.17) is 11.6 Å². The summed E-state index contributed by atoms with van der Waals surface area (Å²) in [4.78, 5) is 20.2. The Bertz CT molecular complexity index is 945. The van der Waals surface area contributed by atoms with Crippen molar-refractivity contribution >= 4 is 46.8 Å². The van der Waals surface area contributed by atoms with Crippen molar-refractivity contribution in [1.82, 2.24) is 25.1 Å². The van der Waals surface area contributed by atoms with Crippen LogP contribution in [0.25, 0.3) is 10.9 Å². The van der Waals surface area contributed by atoms with Crippen molar-refractivity contribution in [2.75, 3.05) is 18.4 Å². The molecule has 7 nitrogen and oxygen atoms in total. The van der Waals surface area contributed by atoms with E-state index in [1.807, 2.05) is 24.4 Å². The Morgan fingerprint density at radius 1 is 1.37 bits per heavy atom. The van der Waals surface area contributed by atoms with Gasteiger partial charge in [0.1, 0.15) is 0 Å². The van der Waals surface area contributed by atoms with Crippen LogP contribution in [0.4, 0.5) is 5.95 Å². The van der Waals surface area contributed by atoms with E-state index >= 15 is 0 Å². The van der Waals surface area contributed by atoms with Crippen LogP contribution >= 0.6 is 24.0 Å². The Labute approximate surface area is 168 Å². The summed E-state index contributed by atoms with van der Waals surface area (Å²) in [6.07, 6.45) is 4.13. The molecule has 2 aromatic heterocycles. The van der Waals surface area contributed by atoms with E-state index in [2.05, 4.69) is 25.7 Å². The van der Waals surface area contributed by atoms with Gasteiger partial charge in [-0.05, 0) is 49.7 Å². The van der Waals surface area contributed by atoms with E-state index in [0.717, 1.165) is 48.2 Å². The van der Waals surface area contributed by atoms with Crippen LogP contribution in [-0.2, 0) is 18.3 Å². The van der Waals surface area contributed by atoms with Crippen molar-refractivity contribution in [1.29, 1.82) is 0 Å². The number of aromatic amines is 1. The van der Waals surface area contributed by atoms with Crippen molar-refractivity contribution in [3.05, 3.63) is 40.8 Å². The molecule has 3 heterocycles. The number of anilines is 1. The number of piperidine rings is 1. The monoisotopic (exact) mass is 408 g/mol. The number of hydrogen-bond donors (Lipinski definition) is 3. The van der Waals surface area contributed by atoms with Crippen molar-refractivity contribution < 1.29 is 4.79 Å². The second kappa shape index (κ2) is 8.29. The first kappa shape index (κ1) is 19.7. The number of nitrogens with one attached hydrogen (secondary N) is 3. The van der Waals surface area contributed by atoms with Crippen LogP contribution in [0.1, 0.15) is 30.1 Å². The molecule has 1 aromatic carbocycles. The van der Waals surface area contributed by atoms with Gasteiger partial charge < -0.3 is 10.3 Å². The van der Waals surface area contributed by atoms with Crippen LogP contribution < -0.4 is 10.6 Å². The summed E-state index contributed by atoms with van der Waals surface area (Å²) >= 11 is 6.07. The maximum atomic E-state index is 12.5. The molecule has 0 aliphatic carbocycles. The summed E-state index contributed by atoms with van der Waals surface area (Å²) in [6.45, 7) is 1.96. The van der Waals surface area contributed by atoms with Gasteiger partial charge in [-0.15, -0.1) is 12.4 Å². The number of benzene rings is 1. The summed E-state index contributed by atoms with van der Waals surface area (Å²) < 4.78 is 1.64. The van der Waals surface area contributed by atoms with Gasteiger partial charge in [0.2, 0.25) is 11.9 Å². The van der Waals surface area contributed by atoms with Gasteiger partial charge in [-0.1, -0.05) is 11.6 Å². The molecular formula is C18H22Cl2N6O. The van der Waals surface area contributed by atoms with Crippen molar-refractivity contribution in [2.45, 2.75) is 25.2 Å². The van der Waals surface area contributed by atoms with Gasteiger partial charge in [-0.3, -0.25) is 10.1 Å². The number of aromatic nitrogens is 4. The first-order valence-electron chi connectivity index (χ1n) is 8.77. The van der Waals surface area contributed by atoms with Gasteiger partial charge in [0, 0.05) is 35.1 Å². The molecule has 0 saturated carbocycles. The third-order valence-electron chi connectivity index (χ3n) is 4.82. The smallest absolute Gasteiger partial charge is 0.231 e. The second-order valence-electron chi connectivity index (χ2n) is 6.67. The zero-order valence-corrected chi connectivity index (χ0v) is 16.5. The normalized spacial score (nSPS) is 14.9. The predicted molar refractivity (Wildman–Crippen MR) is 109 cm³/mol. The van der Waals surface area contributed by atoms with E-state index in [1.54, 1.807) is 11.7 Å². The average molecular weight is 409 g/mol. The first-order chi connectivity index (χ1) is 12.6. The van der Waals surface area contributed by atoms with Gasteiger partial charge in [-0.2, -0.15) is 10.1 Å². The van der Waals surface area contributed by atoms with Crippen LogP contribution in [0, 0.1) is 0 Å². The summed E-state index contributed by atoms with van der Waals surface area (Å²) in [5, 5.41) is 12.3. The molecule has 1 saturated heterocycles. The molecule has 1 aliphatic heterocycles. The number of H-pyrrole nitrogens is 1. The Balaban J connectivity index is 0.00000210. The number of nitrogens with zero attached hydrogens (tertiary/aromatic N) is 3. The molecule has 4 rings (SSSR count). The zero-order valence-electron chi connectivity index (χ0n) is 15.0. The topological polar surface area (TPSA) is 87.6 Å². The molecule has 1 fully saturated rings. The van der Waals surface area contributed by atoms with Crippen molar-refractivity contribution in [3.63, 3.8) is 0 Å². The summed E-state index contributed by atoms with van der Waals surface area (Å²) in [7, 11) is 1.80. The largest absolute Gasteiger partial charge is 0.361 e. The number of carbonyl (C=O) groups is 1.